The van der Waals surface area contributed by atoms with E-state index in [2.05, 4.69) is 18.2 Å². The molecule has 0 N–H and O–H groups in total. The van der Waals surface area contributed by atoms with Crippen LogP contribution in [0.4, 0.5) is 20.6 Å². The van der Waals surface area contributed by atoms with E-state index in [0.717, 1.165) is 18.5 Å². The topological polar surface area (TPSA) is 32.8 Å². The minimum atomic E-state index is -0.457. The number of hydrogen-bond donors (Lipinski definition) is 0. The number of hydrogen-bond acceptors (Lipinski definition) is 3. The van der Waals surface area contributed by atoms with Crippen molar-refractivity contribution < 1.29 is 13.9 Å². The molecule has 1 amide bonds. The van der Waals surface area contributed by atoms with Gasteiger partial charge in [0.1, 0.15) is 11.9 Å². The number of rotatable bonds is 3. The van der Waals surface area contributed by atoms with E-state index in [-0.39, 0.29) is 11.9 Å². The molecule has 2 aliphatic heterocycles. The molecule has 0 unspecified atom stereocenters. The third-order valence-corrected chi connectivity index (χ3v) is 5.64. The number of anilines is 2. The van der Waals surface area contributed by atoms with E-state index in [4.69, 9.17) is 4.74 Å². The van der Waals surface area contributed by atoms with Gasteiger partial charge in [-0.2, -0.15) is 0 Å². The predicted molar refractivity (Wildman–Crippen MR) is 109 cm³/mol. The van der Waals surface area contributed by atoms with Crippen LogP contribution < -0.4 is 9.80 Å². The standard InChI is InChI=1S/C24H20FN2O2/c25-21-14-20(27-16-23(29-24(27)28)18-7-2-1-3-8-18)10-11-22(21)26-13-12-17-6-4-5-9-19(17)15-26/h2-11,14,23H,12-13,15-16H2/t23-/m1/s1. The van der Waals surface area contributed by atoms with Gasteiger partial charge in [-0.25, -0.2) is 9.18 Å². The van der Waals surface area contributed by atoms with Crippen molar-refractivity contribution in [2.24, 2.45) is 0 Å². The number of fused-ring (bicyclic) bond motifs is 1. The van der Waals surface area contributed by atoms with Gasteiger partial charge < -0.3 is 9.64 Å². The molecule has 145 valence electrons. The van der Waals surface area contributed by atoms with E-state index in [0.29, 0.717) is 24.5 Å². The van der Waals surface area contributed by atoms with E-state index in [1.807, 2.05) is 29.2 Å². The van der Waals surface area contributed by atoms with Crippen LogP contribution in [0.5, 0.6) is 0 Å². The van der Waals surface area contributed by atoms with Crippen LogP contribution in [-0.2, 0) is 17.7 Å². The van der Waals surface area contributed by atoms with Gasteiger partial charge in [0.2, 0.25) is 0 Å². The maximum Gasteiger partial charge on any atom is 0.415 e. The van der Waals surface area contributed by atoms with Gasteiger partial charge in [-0.3, -0.25) is 4.90 Å². The number of benzene rings is 3. The van der Waals surface area contributed by atoms with Gasteiger partial charge in [-0.15, -0.1) is 0 Å². The number of carbonyl (C=O) groups is 1. The zero-order chi connectivity index (χ0) is 19.8. The van der Waals surface area contributed by atoms with Crippen molar-refractivity contribution >= 4 is 17.5 Å². The molecule has 0 aromatic heterocycles. The summed E-state index contributed by atoms with van der Waals surface area (Å²) in [6.45, 7) is 1.82. The fourth-order valence-electron chi connectivity index (χ4n) is 4.08. The molecule has 5 heteroatoms. The average Bonchev–Trinajstić information content (AvgIpc) is 3.15. The normalized spacial score (nSPS) is 18.5. The van der Waals surface area contributed by atoms with E-state index >= 15 is 0 Å². The molecule has 4 nitrogen and oxygen atoms in total. The second-order valence-electron chi connectivity index (χ2n) is 7.39. The SMILES string of the molecule is O=C1O[C@@H](c2cc[c]cc2)CN1c1ccc(N2CCc3ccccc3C2)c(F)c1. The summed E-state index contributed by atoms with van der Waals surface area (Å²) in [7, 11) is 0. The van der Waals surface area contributed by atoms with Crippen molar-refractivity contribution in [3.63, 3.8) is 0 Å². The van der Waals surface area contributed by atoms with Gasteiger partial charge in [0, 0.05) is 13.1 Å². The molecular weight excluding hydrogens is 367 g/mol. The van der Waals surface area contributed by atoms with E-state index < -0.39 is 6.09 Å². The Hall–Kier alpha value is -3.34. The molecule has 3 aromatic rings. The number of carbonyl (C=O) groups excluding carboxylic acids is 1. The van der Waals surface area contributed by atoms with Crippen molar-refractivity contribution in [1.29, 1.82) is 0 Å². The summed E-state index contributed by atoms with van der Waals surface area (Å²) < 4.78 is 20.5. The zero-order valence-electron chi connectivity index (χ0n) is 15.8. The predicted octanol–water partition coefficient (Wildman–Crippen LogP) is 4.89. The van der Waals surface area contributed by atoms with Crippen molar-refractivity contribution in [1.82, 2.24) is 0 Å². The lowest BCUT2D eigenvalue weighted by Crippen LogP contribution is -2.31. The lowest BCUT2D eigenvalue weighted by molar-refractivity contribution is 0.142. The second-order valence-corrected chi connectivity index (χ2v) is 7.39. The van der Waals surface area contributed by atoms with Gasteiger partial charge in [0.05, 0.1) is 17.9 Å². The molecule has 1 saturated heterocycles. The maximum absolute atomic E-state index is 15.0. The zero-order valence-corrected chi connectivity index (χ0v) is 15.8. The highest BCUT2D eigenvalue weighted by molar-refractivity contribution is 5.90. The highest BCUT2D eigenvalue weighted by atomic mass is 19.1. The van der Waals surface area contributed by atoms with Crippen molar-refractivity contribution in [2.75, 3.05) is 22.9 Å². The van der Waals surface area contributed by atoms with Crippen LogP contribution >= 0.6 is 0 Å². The third-order valence-electron chi connectivity index (χ3n) is 5.64. The summed E-state index contributed by atoms with van der Waals surface area (Å²) in [6.07, 6.45) is 0.0757. The molecular formula is C24H20FN2O2. The Morgan fingerprint density at radius 2 is 1.83 bits per heavy atom. The molecule has 1 atom stereocenters. The van der Waals surface area contributed by atoms with Gasteiger partial charge in [0.25, 0.3) is 0 Å². The van der Waals surface area contributed by atoms with E-state index in [9.17, 15) is 9.18 Å². The Kier molecular flexibility index (Phi) is 4.43. The summed E-state index contributed by atoms with van der Waals surface area (Å²) in [5, 5.41) is 0. The molecule has 0 spiro atoms. The lowest BCUT2D eigenvalue weighted by atomic mass is 9.99. The van der Waals surface area contributed by atoms with Crippen LogP contribution in [0.25, 0.3) is 0 Å². The van der Waals surface area contributed by atoms with Crippen molar-refractivity contribution in [3.8, 4) is 0 Å². The largest absolute Gasteiger partial charge is 0.439 e. The quantitative estimate of drug-likeness (QED) is 0.642. The summed E-state index contributed by atoms with van der Waals surface area (Å²) in [5.74, 6) is -0.326. The fourth-order valence-corrected chi connectivity index (χ4v) is 4.08. The molecule has 1 fully saturated rings. The van der Waals surface area contributed by atoms with Gasteiger partial charge in [0.15, 0.2) is 0 Å². The van der Waals surface area contributed by atoms with Crippen LogP contribution in [0.3, 0.4) is 0 Å². The summed E-state index contributed by atoms with van der Waals surface area (Å²) >= 11 is 0. The van der Waals surface area contributed by atoms with Gasteiger partial charge in [-0.1, -0.05) is 48.5 Å². The molecule has 5 rings (SSSR count). The molecule has 2 aliphatic rings. The highest BCUT2D eigenvalue weighted by Crippen LogP contribution is 2.33. The van der Waals surface area contributed by atoms with E-state index in [1.54, 1.807) is 24.3 Å². The van der Waals surface area contributed by atoms with Crippen LogP contribution in [0.15, 0.2) is 66.7 Å². The van der Waals surface area contributed by atoms with Gasteiger partial charge in [-0.05, 0) is 47.4 Å². The number of halogens is 1. The Bertz CT molecular complexity index is 1050. The first-order valence-corrected chi connectivity index (χ1v) is 9.74. The minimum Gasteiger partial charge on any atom is -0.439 e. The molecule has 3 aromatic carbocycles. The summed E-state index contributed by atoms with van der Waals surface area (Å²) in [5.41, 5.74) is 4.53. The van der Waals surface area contributed by atoms with Gasteiger partial charge >= 0.3 is 6.09 Å². The smallest absolute Gasteiger partial charge is 0.415 e. The fraction of sp³-hybridized carbons (Fsp3) is 0.208. The Labute approximate surface area is 169 Å². The number of ether oxygens (including phenoxy) is 1. The first-order chi connectivity index (χ1) is 14.2. The lowest BCUT2D eigenvalue weighted by Gasteiger charge is -2.31. The number of amides is 1. The van der Waals surface area contributed by atoms with Crippen LogP contribution in [0, 0.1) is 11.9 Å². The molecule has 0 saturated carbocycles. The Balaban J connectivity index is 1.36. The Morgan fingerprint density at radius 1 is 1.03 bits per heavy atom. The molecule has 2 heterocycles. The number of nitrogens with zero attached hydrogens (tertiary/aromatic N) is 2. The third kappa shape index (κ3) is 3.33. The molecule has 0 aliphatic carbocycles. The summed E-state index contributed by atoms with van der Waals surface area (Å²) in [4.78, 5) is 15.9. The van der Waals surface area contributed by atoms with Crippen LogP contribution in [-0.4, -0.2) is 19.2 Å². The maximum atomic E-state index is 15.0. The second kappa shape index (κ2) is 7.24. The first kappa shape index (κ1) is 17.7. The highest BCUT2D eigenvalue weighted by Gasteiger charge is 2.33. The summed E-state index contributed by atoms with van der Waals surface area (Å²) in [6, 6.07) is 23.5. The minimum absolute atomic E-state index is 0.326. The molecule has 0 bridgehead atoms. The molecule has 29 heavy (non-hydrogen) atoms. The first-order valence-electron chi connectivity index (χ1n) is 9.74. The monoisotopic (exact) mass is 387 g/mol. The van der Waals surface area contributed by atoms with Crippen LogP contribution in [0.2, 0.25) is 0 Å². The number of cyclic esters (lactones) is 1. The average molecular weight is 387 g/mol. The van der Waals surface area contributed by atoms with Crippen molar-refractivity contribution in [3.05, 3.63) is 95.3 Å². The van der Waals surface area contributed by atoms with Crippen molar-refractivity contribution in [2.45, 2.75) is 19.1 Å². The molecule has 1 radical (unpaired) electrons. The van der Waals surface area contributed by atoms with Crippen LogP contribution in [0.1, 0.15) is 22.8 Å². The van der Waals surface area contributed by atoms with E-state index in [1.165, 1.54) is 22.1 Å². The Morgan fingerprint density at radius 3 is 2.62 bits per heavy atom.